The molecule has 20 heavy (non-hydrogen) atoms. The van der Waals surface area contributed by atoms with Crippen molar-refractivity contribution in [2.45, 2.75) is 78.1 Å². The van der Waals surface area contributed by atoms with Crippen molar-refractivity contribution in [1.82, 2.24) is 0 Å². The molecule has 0 amide bonds. The minimum atomic E-state index is -1.92. The lowest BCUT2D eigenvalue weighted by atomic mass is 10.2. The van der Waals surface area contributed by atoms with E-state index in [4.69, 9.17) is 13.3 Å². The van der Waals surface area contributed by atoms with Gasteiger partial charge in [0.05, 0.1) is 6.10 Å². The molecule has 0 N–H and O–H groups in total. The lowest BCUT2D eigenvalue weighted by Crippen LogP contribution is -2.49. The summed E-state index contributed by atoms with van der Waals surface area (Å²) in [6.45, 7) is 20.5. The van der Waals surface area contributed by atoms with Gasteiger partial charge >= 0.3 is 5.97 Å². The zero-order valence-corrected chi connectivity index (χ0v) is 17.8. The zero-order valence-electron chi connectivity index (χ0n) is 14.8. The summed E-state index contributed by atoms with van der Waals surface area (Å²) in [6.07, 6.45) is -0.877. The highest BCUT2D eigenvalue weighted by Gasteiger charge is 2.37. The Hall–Kier alpha value is 0.0406. The van der Waals surface area contributed by atoms with E-state index in [1.165, 1.54) is 0 Å². The molecule has 0 aromatic heterocycles. The zero-order chi connectivity index (χ0) is 16.4. The summed E-state index contributed by atoms with van der Waals surface area (Å²) in [5.74, 6) is -0.266. The summed E-state index contributed by atoms with van der Waals surface area (Å²) < 4.78 is 17.7. The predicted octanol–water partition coefficient (Wildman–Crippen LogP) is 3.82. The van der Waals surface area contributed by atoms with Gasteiger partial charge in [0.1, 0.15) is 0 Å². The van der Waals surface area contributed by atoms with Gasteiger partial charge in [-0.15, -0.1) is 0 Å². The van der Waals surface area contributed by atoms with E-state index in [0.29, 0.717) is 0 Å². The van der Waals surface area contributed by atoms with Gasteiger partial charge in [-0.2, -0.15) is 0 Å². The summed E-state index contributed by atoms with van der Waals surface area (Å²) in [5, 5.41) is 0. The smallest absolute Gasteiger partial charge is 0.323 e. The Kier molecular flexibility index (Phi) is 6.88. The van der Waals surface area contributed by atoms with Gasteiger partial charge in [-0.1, -0.05) is 0 Å². The van der Waals surface area contributed by atoms with E-state index < -0.39 is 31.1 Å². The Bertz CT molecular complexity index is 326. The van der Waals surface area contributed by atoms with Crippen molar-refractivity contribution < 1.29 is 18.1 Å². The van der Waals surface area contributed by atoms with E-state index in [-0.39, 0.29) is 12.1 Å². The van der Waals surface area contributed by atoms with E-state index in [2.05, 4.69) is 39.3 Å². The second kappa shape index (κ2) is 6.87. The molecule has 4 nitrogen and oxygen atoms in total. The van der Waals surface area contributed by atoms with E-state index >= 15 is 0 Å². The average molecular weight is 337 g/mol. The molecule has 0 aliphatic heterocycles. The van der Waals surface area contributed by atoms with Crippen LogP contribution in [0.3, 0.4) is 0 Å². The van der Waals surface area contributed by atoms with Gasteiger partial charge in [0.25, 0.3) is 0 Å². The Morgan fingerprint density at radius 3 is 1.45 bits per heavy atom. The number of carbonyl (C=O) groups is 1. The lowest BCUT2D eigenvalue weighted by Gasteiger charge is -2.34. The monoisotopic (exact) mass is 336 g/mol. The van der Waals surface area contributed by atoms with Crippen LogP contribution in [0.5, 0.6) is 0 Å². The first-order valence-electron chi connectivity index (χ1n) is 7.19. The third-order valence-electron chi connectivity index (χ3n) is 2.09. The van der Waals surface area contributed by atoms with E-state index in [0.717, 1.165) is 0 Å². The molecule has 120 valence electrons. The van der Waals surface area contributed by atoms with E-state index in [1.807, 2.05) is 26.6 Å². The maximum Gasteiger partial charge on any atom is 0.323 e. The van der Waals surface area contributed by atoms with Gasteiger partial charge in [-0.05, 0) is 65.8 Å². The van der Waals surface area contributed by atoms with Gasteiger partial charge in [-0.25, -0.2) is 0 Å². The molecule has 0 bridgehead atoms. The number of hydrogen-bond donors (Lipinski definition) is 0. The molecule has 0 aliphatic carbocycles. The van der Waals surface area contributed by atoms with Crippen LogP contribution in [0.4, 0.5) is 0 Å². The summed E-state index contributed by atoms with van der Waals surface area (Å²) in [6, 6.07) is 0. The molecule has 0 aliphatic rings. The highest BCUT2D eigenvalue weighted by atomic mass is 28.4. The molecule has 0 fully saturated rings. The lowest BCUT2D eigenvalue weighted by molar-refractivity contribution is -0.147. The first-order chi connectivity index (χ1) is 8.61. The Morgan fingerprint density at radius 1 is 0.750 bits per heavy atom. The van der Waals surface area contributed by atoms with Crippen molar-refractivity contribution in [2.24, 2.45) is 0 Å². The average Bonchev–Trinajstić information content (AvgIpc) is 2.06. The SMILES string of the molecule is C[C@H](O[Si](C)(C)C)[C@H](O[Si](C)(C)C)C(=O)O[Si](C)(C)C. The minimum Gasteiger partial charge on any atom is -0.518 e. The summed E-state index contributed by atoms with van der Waals surface area (Å²) in [4.78, 5) is 12.4. The molecule has 0 saturated carbocycles. The fourth-order valence-corrected chi connectivity index (χ4v) is 4.70. The van der Waals surface area contributed by atoms with Crippen LogP contribution < -0.4 is 0 Å². The van der Waals surface area contributed by atoms with Crippen molar-refractivity contribution in [2.75, 3.05) is 0 Å². The van der Waals surface area contributed by atoms with Gasteiger partial charge < -0.3 is 13.3 Å². The third kappa shape index (κ3) is 9.87. The normalized spacial score (nSPS) is 16.7. The number of rotatable bonds is 7. The van der Waals surface area contributed by atoms with Crippen molar-refractivity contribution in [1.29, 1.82) is 0 Å². The summed E-state index contributed by atoms with van der Waals surface area (Å²) in [7, 11) is -5.49. The molecule has 0 spiro atoms. The predicted molar refractivity (Wildman–Crippen MR) is 91.6 cm³/mol. The highest BCUT2D eigenvalue weighted by Crippen LogP contribution is 2.19. The number of hydrogen-bond acceptors (Lipinski definition) is 4. The second-order valence-electron chi connectivity index (χ2n) is 8.12. The van der Waals surface area contributed by atoms with Gasteiger partial charge in [0.15, 0.2) is 22.7 Å². The van der Waals surface area contributed by atoms with Crippen molar-refractivity contribution in [3.8, 4) is 0 Å². The maximum absolute atomic E-state index is 12.4. The van der Waals surface area contributed by atoms with Crippen LogP contribution >= 0.6 is 0 Å². The van der Waals surface area contributed by atoms with Crippen LogP contribution in [0.2, 0.25) is 58.9 Å². The summed E-state index contributed by atoms with van der Waals surface area (Å²) >= 11 is 0. The van der Waals surface area contributed by atoms with Crippen LogP contribution in [0.25, 0.3) is 0 Å². The van der Waals surface area contributed by atoms with Crippen LogP contribution in [0.15, 0.2) is 0 Å². The van der Waals surface area contributed by atoms with Gasteiger partial charge in [0, 0.05) is 0 Å². The molecule has 0 rings (SSSR count). The fourth-order valence-electron chi connectivity index (χ4n) is 1.70. The molecule has 0 saturated heterocycles. The van der Waals surface area contributed by atoms with Crippen LogP contribution in [0, 0.1) is 0 Å². The largest absolute Gasteiger partial charge is 0.518 e. The van der Waals surface area contributed by atoms with Crippen LogP contribution in [-0.2, 0) is 18.1 Å². The fraction of sp³-hybridized carbons (Fsp3) is 0.923. The highest BCUT2D eigenvalue weighted by molar-refractivity contribution is 6.72. The standard InChI is InChI=1S/C13H32O4Si3/c1-11(15-18(2,3)4)12(16-19(5,6)7)13(14)17-20(8,9)10/h11-12H,1-10H3/t11-,12-/m0/s1. The molecule has 0 aromatic carbocycles. The molecule has 2 atom stereocenters. The van der Waals surface area contributed by atoms with Crippen molar-refractivity contribution in [3.05, 3.63) is 0 Å². The van der Waals surface area contributed by atoms with Gasteiger partial charge in [0.2, 0.25) is 8.32 Å². The Balaban J connectivity index is 5.03. The molecule has 0 heterocycles. The van der Waals surface area contributed by atoms with E-state index in [1.54, 1.807) is 0 Å². The Morgan fingerprint density at radius 2 is 1.15 bits per heavy atom. The number of carbonyl (C=O) groups excluding carboxylic acids is 1. The molecular weight excluding hydrogens is 304 g/mol. The van der Waals surface area contributed by atoms with Gasteiger partial charge in [-0.3, -0.25) is 4.79 Å². The first-order valence-corrected chi connectivity index (χ1v) is 17.4. The summed E-state index contributed by atoms with van der Waals surface area (Å²) in [5.41, 5.74) is 0. The quantitative estimate of drug-likeness (QED) is 0.663. The van der Waals surface area contributed by atoms with Crippen molar-refractivity contribution >= 4 is 30.9 Å². The molecule has 7 heteroatoms. The Labute approximate surface area is 127 Å². The molecule has 0 unspecified atom stereocenters. The molecular formula is C13H32O4Si3. The van der Waals surface area contributed by atoms with E-state index in [9.17, 15) is 4.79 Å². The maximum atomic E-state index is 12.4. The van der Waals surface area contributed by atoms with Crippen molar-refractivity contribution in [3.63, 3.8) is 0 Å². The topological polar surface area (TPSA) is 44.8 Å². The molecule has 0 radical (unpaired) electrons. The third-order valence-corrected chi connectivity index (χ3v) is 4.94. The first kappa shape index (κ1) is 20.0. The van der Waals surface area contributed by atoms with Crippen LogP contribution in [0.1, 0.15) is 6.92 Å². The minimum absolute atomic E-state index is 0.266. The second-order valence-corrected chi connectivity index (χ2v) is 21.5. The molecule has 0 aromatic rings. The van der Waals surface area contributed by atoms with Crippen LogP contribution in [-0.4, -0.2) is 43.1 Å².